The molecule has 0 aliphatic carbocycles. The van der Waals surface area contributed by atoms with Crippen molar-refractivity contribution in [1.82, 2.24) is 0 Å². The van der Waals surface area contributed by atoms with E-state index >= 15 is 0 Å². The zero-order chi connectivity index (χ0) is 21.8. The minimum atomic E-state index is -0.780. The van der Waals surface area contributed by atoms with Crippen molar-refractivity contribution in [2.24, 2.45) is 0 Å². The predicted octanol–water partition coefficient (Wildman–Crippen LogP) is 3.36. The fourth-order valence-electron chi connectivity index (χ4n) is 3.75. The van der Waals surface area contributed by atoms with E-state index in [4.69, 9.17) is 23.7 Å². The van der Waals surface area contributed by atoms with Crippen molar-refractivity contribution in [3.63, 3.8) is 0 Å². The van der Waals surface area contributed by atoms with E-state index < -0.39 is 29.8 Å². The van der Waals surface area contributed by atoms with Crippen molar-refractivity contribution in [3.05, 3.63) is 48.0 Å². The second-order valence-electron chi connectivity index (χ2n) is 8.43. The molecule has 0 unspecified atom stereocenters. The van der Waals surface area contributed by atoms with E-state index in [-0.39, 0.29) is 12.2 Å². The summed E-state index contributed by atoms with van der Waals surface area (Å²) in [6.07, 6.45) is 2.18. The third-order valence-corrected chi connectivity index (χ3v) is 5.05. The van der Waals surface area contributed by atoms with Gasteiger partial charge in [-0.3, -0.25) is 0 Å². The Morgan fingerprint density at radius 1 is 1.13 bits per heavy atom. The SMILES string of the molecule is COC(=O)/C=C/C[C@H]1OC(C)(C)O[C@@H]1[C@H](OCc1ccccc1)[C@H]1COC(C)(C)O1. The molecular weight excluding hydrogens is 388 g/mol. The molecule has 0 bridgehead atoms. The molecule has 0 saturated carbocycles. The fourth-order valence-corrected chi connectivity index (χ4v) is 3.75. The molecule has 0 radical (unpaired) electrons. The van der Waals surface area contributed by atoms with Crippen molar-refractivity contribution in [2.75, 3.05) is 13.7 Å². The average Bonchev–Trinajstić information content (AvgIpc) is 3.21. The van der Waals surface area contributed by atoms with Gasteiger partial charge in [0.2, 0.25) is 0 Å². The van der Waals surface area contributed by atoms with Crippen LogP contribution in [0.2, 0.25) is 0 Å². The molecule has 0 amide bonds. The summed E-state index contributed by atoms with van der Waals surface area (Å²) >= 11 is 0. The lowest BCUT2D eigenvalue weighted by Gasteiger charge is -2.31. The normalized spacial score (nSPS) is 28.6. The Kier molecular flexibility index (Phi) is 7.31. The van der Waals surface area contributed by atoms with Gasteiger partial charge in [0.1, 0.15) is 18.3 Å². The van der Waals surface area contributed by atoms with Crippen LogP contribution in [0.1, 0.15) is 39.7 Å². The van der Waals surface area contributed by atoms with Crippen LogP contribution in [0.15, 0.2) is 42.5 Å². The van der Waals surface area contributed by atoms with E-state index in [0.717, 1.165) is 5.56 Å². The van der Waals surface area contributed by atoms with Gasteiger partial charge in [-0.25, -0.2) is 4.79 Å². The summed E-state index contributed by atoms with van der Waals surface area (Å²) in [5.74, 6) is -1.87. The lowest BCUT2D eigenvalue weighted by molar-refractivity contribution is -0.190. The summed E-state index contributed by atoms with van der Waals surface area (Å²) in [6, 6.07) is 9.95. The second kappa shape index (κ2) is 9.58. The Labute approximate surface area is 178 Å². The van der Waals surface area contributed by atoms with Crippen molar-refractivity contribution in [3.8, 4) is 0 Å². The number of benzene rings is 1. The van der Waals surface area contributed by atoms with Crippen LogP contribution < -0.4 is 0 Å². The molecule has 0 spiro atoms. The Morgan fingerprint density at radius 3 is 2.50 bits per heavy atom. The van der Waals surface area contributed by atoms with Gasteiger partial charge in [0, 0.05) is 6.08 Å². The van der Waals surface area contributed by atoms with Gasteiger partial charge in [0.05, 0.1) is 26.4 Å². The predicted molar refractivity (Wildman–Crippen MR) is 110 cm³/mol. The first-order valence-electron chi connectivity index (χ1n) is 10.3. The van der Waals surface area contributed by atoms with Crippen LogP contribution in [0.4, 0.5) is 0 Å². The van der Waals surface area contributed by atoms with Gasteiger partial charge in [-0.1, -0.05) is 36.4 Å². The van der Waals surface area contributed by atoms with Gasteiger partial charge < -0.3 is 28.4 Å². The molecule has 4 atom stereocenters. The molecule has 7 heteroatoms. The number of carbonyl (C=O) groups is 1. The van der Waals surface area contributed by atoms with Crippen molar-refractivity contribution < 1.29 is 33.2 Å². The number of ether oxygens (including phenoxy) is 6. The minimum absolute atomic E-state index is 0.307. The Hall–Kier alpha value is -1.77. The molecule has 7 nitrogen and oxygen atoms in total. The molecule has 30 heavy (non-hydrogen) atoms. The number of rotatable bonds is 8. The Bertz CT molecular complexity index is 728. The highest BCUT2D eigenvalue weighted by Gasteiger charge is 2.50. The maximum atomic E-state index is 11.4. The van der Waals surface area contributed by atoms with E-state index in [1.54, 1.807) is 6.08 Å². The van der Waals surface area contributed by atoms with Crippen molar-refractivity contribution in [1.29, 1.82) is 0 Å². The van der Waals surface area contributed by atoms with Gasteiger partial charge in [-0.2, -0.15) is 0 Å². The van der Waals surface area contributed by atoms with Gasteiger partial charge in [0.15, 0.2) is 11.6 Å². The van der Waals surface area contributed by atoms with E-state index in [1.807, 2.05) is 58.0 Å². The zero-order valence-corrected chi connectivity index (χ0v) is 18.3. The van der Waals surface area contributed by atoms with Crippen LogP contribution in [0, 0.1) is 0 Å². The summed E-state index contributed by atoms with van der Waals surface area (Å²) in [7, 11) is 1.35. The first kappa shape index (κ1) is 22.9. The number of esters is 1. The molecule has 0 N–H and O–H groups in total. The van der Waals surface area contributed by atoms with Crippen LogP contribution in [0.5, 0.6) is 0 Å². The van der Waals surface area contributed by atoms with E-state index in [1.165, 1.54) is 13.2 Å². The highest BCUT2D eigenvalue weighted by atomic mass is 16.8. The molecule has 2 saturated heterocycles. The molecule has 2 fully saturated rings. The maximum absolute atomic E-state index is 11.4. The summed E-state index contributed by atoms with van der Waals surface area (Å²) in [4.78, 5) is 11.4. The lowest BCUT2D eigenvalue weighted by atomic mass is 10.0. The van der Waals surface area contributed by atoms with Crippen molar-refractivity contribution in [2.45, 2.75) is 76.7 Å². The zero-order valence-electron chi connectivity index (χ0n) is 18.3. The molecule has 0 aromatic heterocycles. The molecule has 1 aromatic rings. The smallest absolute Gasteiger partial charge is 0.330 e. The van der Waals surface area contributed by atoms with Gasteiger partial charge in [0.25, 0.3) is 0 Å². The number of methoxy groups -OCH3 is 1. The quantitative estimate of drug-likeness (QED) is 0.472. The van der Waals surface area contributed by atoms with Crippen molar-refractivity contribution >= 4 is 5.97 Å². The van der Waals surface area contributed by atoms with Gasteiger partial charge in [-0.05, 0) is 39.7 Å². The molecule has 3 rings (SSSR count). The number of carbonyl (C=O) groups excluding carboxylic acids is 1. The molecule has 2 aliphatic rings. The van der Waals surface area contributed by atoms with Gasteiger partial charge >= 0.3 is 5.97 Å². The Morgan fingerprint density at radius 2 is 1.87 bits per heavy atom. The van der Waals surface area contributed by atoms with E-state index in [2.05, 4.69) is 4.74 Å². The van der Waals surface area contributed by atoms with Crippen LogP contribution in [-0.2, 0) is 39.8 Å². The molecular formula is C23H32O7. The molecule has 2 aliphatic heterocycles. The molecule has 2 heterocycles. The third kappa shape index (κ3) is 6.12. The summed E-state index contributed by atoms with van der Waals surface area (Å²) < 4.78 is 35.3. The summed E-state index contributed by atoms with van der Waals surface area (Å²) in [5.41, 5.74) is 1.06. The first-order valence-corrected chi connectivity index (χ1v) is 10.3. The Balaban J connectivity index is 1.78. The van der Waals surface area contributed by atoms with Gasteiger partial charge in [-0.15, -0.1) is 0 Å². The van der Waals surface area contributed by atoms with Crippen LogP contribution in [0.25, 0.3) is 0 Å². The minimum Gasteiger partial charge on any atom is -0.466 e. The first-order chi connectivity index (χ1) is 14.2. The largest absolute Gasteiger partial charge is 0.466 e. The summed E-state index contributed by atoms with van der Waals surface area (Å²) in [6.45, 7) is 8.32. The summed E-state index contributed by atoms with van der Waals surface area (Å²) in [5, 5.41) is 0. The van der Waals surface area contributed by atoms with Crippen LogP contribution in [-0.4, -0.2) is 55.7 Å². The topological polar surface area (TPSA) is 72.5 Å². The fraction of sp³-hybridized carbons (Fsp3) is 0.609. The monoisotopic (exact) mass is 420 g/mol. The third-order valence-electron chi connectivity index (χ3n) is 5.05. The average molecular weight is 421 g/mol. The van der Waals surface area contributed by atoms with E-state index in [9.17, 15) is 4.79 Å². The second-order valence-corrected chi connectivity index (χ2v) is 8.43. The lowest BCUT2D eigenvalue weighted by Crippen LogP contribution is -2.46. The van der Waals surface area contributed by atoms with E-state index in [0.29, 0.717) is 19.6 Å². The highest BCUT2D eigenvalue weighted by Crippen LogP contribution is 2.37. The number of hydrogen-bond acceptors (Lipinski definition) is 7. The highest BCUT2D eigenvalue weighted by molar-refractivity contribution is 5.81. The van der Waals surface area contributed by atoms with Crippen LogP contribution >= 0.6 is 0 Å². The standard InChI is InChI=1S/C23H32O7/c1-22(2)27-15-18(29-22)20(26-14-16-10-7-6-8-11-16)21-17(28-23(3,4)30-21)12-9-13-19(24)25-5/h6-11,13,17-18,20-21H,12,14-15H2,1-5H3/b13-9+/t17-,18-,20-,21+/m1/s1. The molecule has 166 valence electrons. The molecule has 1 aromatic carbocycles. The van der Waals surface area contributed by atoms with Crippen LogP contribution in [0.3, 0.4) is 0 Å². The maximum Gasteiger partial charge on any atom is 0.330 e. The number of hydrogen-bond donors (Lipinski definition) is 0.